The summed E-state index contributed by atoms with van der Waals surface area (Å²) in [4.78, 5) is 15.4. The normalized spacial score (nSPS) is 15.0. The smallest absolute Gasteiger partial charge is 0.237 e. The van der Waals surface area contributed by atoms with Gasteiger partial charge in [0.25, 0.3) is 0 Å². The van der Waals surface area contributed by atoms with E-state index in [1.54, 1.807) is 6.92 Å². The van der Waals surface area contributed by atoms with Crippen molar-refractivity contribution in [1.29, 1.82) is 0 Å². The van der Waals surface area contributed by atoms with Gasteiger partial charge in [-0.3, -0.25) is 4.79 Å². The van der Waals surface area contributed by atoms with Crippen molar-refractivity contribution in [1.82, 2.24) is 15.5 Å². The third kappa shape index (κ3) is 3.02. The predicted octanol–water partition coefficient (Wildman–Crippen LogP) is 0.230. The van der Waals surface area contributed by atoms with Gasteiger partial charge >= 0.3 is 0 Å². The summed E-state index contributed by atoms with van der Waals surface area (Å²) in [5.41, 5.74) is 5.69. The summed E-state index contributed by atoms with van der Waals surface area (Å²) < 4.78 is 4.58. The van der Waals surface area contributed by atoms with Crippen LogP contribution < -0.4 is 11.1 Å². The van der Waals surface area contributed by atoms with Gasteiger partial charge in [0.2, 0.25) is 12.3 Å². The lowest BCUT2D eigenvalue weighted by Gasteiger charge is -2.17. The molecule has 1 heterocycles. The third-order valence-corrected chi connectivity index (χ3v) is 2.15. The van der Waals surface area contributed by atoms with Crippen molar-refractivity contribution in [3.8, 4) is 0 Å². The minimum absolute atomic E-state index is 0.0995. The van der Waals surface area contributed by atoms with E-state index in [1.807, 2.05) is 13.8 Å². The minimum atomic E-state index is -0.514. The van der Waals surface area contributed by atoms with E-state index in [4.69, 9.17) is 5.73 Å². The van der Waals surface area contributed by atoms with E-state index in [1.165, 1.54) is 6.39 Å². The summed E-state index contributed by atoms with van der Waals surface area (Å²) in [5.74, 6) is 0.337. The number of nitrogens with zero attached hydrogens (tertiary/aromatic N) is 2. The molecule has 84 valence electrons. The van der Waals surface area contributed by atoms with Gasteiger partial charge in [-0.25, -0.2) is 0 Å². The number of nitrogens with two attached hydrogens (primary N) is 1. The van der Waals surface area contributed by atoms with Crippen LogP contribution in [0.4, 0.5) is 0 Å². The Hall–Kier alpha value is -1.43. The molecular formula is C9H16N4O2. The molecule has 0 fully saturated rings. The average Bonchev–Trinajstić information content (AvgIpc) is 2.68. The molecule has 0 aliphatic carbocycles. The first-order chi connectivity index (χ1) is 7.02. The van der Waals surface area contributed by atoms with Gasteiger partial charge in [0, 0.05) is 0 Å². The first-order valence-corrected chi connectivity index (χ1v) is 4.84. The molecule has 0 aliphatic rings. The molecule has 3 N–H and O–H groups in total. The van der Waals surface area contributed by atoms with Gasteiger partial charge < -0.3 is 15.6 Å². The van der Waals surface area contributed by atoms with Crippen LogP contribution in [0.1, 0.15) is 32.6 Å². The molecule has 0 saturated heterocycles. The van der Waals surface area contributed by atoms with Crippen molar-refractivity contribution in [2.45, 2.75) is 32.9 Å². The monoisotopic (exact) mass is 212 g/mol. The molecule has 6 nitrogen and oxygen atoms in total. The zero-order chi connectivity index (χ0) is 11.4. The quantitative estimate of drug-likeness (QED) is 0.745. The van der Waals surface area contributed by atoms with Gasteiger partial charge in [-0.1, -0.05) is 19.0 Å². The number of amides is 1. The Bertz CT molecular complexity index is 310. The summed E-state index contributed by atoms with van der Waals surface area (Å²) in [7, 11) is 0. The van der Waals surface area contributed by atoms with E-state index >= 15 is 0 Å². The SMILES string of the molecule is CC(NC(=O)[C@@H](N)C(C)C)c1ncon1. The molecule has 1 rings (SSSR count). The van der Waals surface area contributed by atoms with E-state index in [0.717, 1.165) is 0 Å². The lowest BCUT2D eigenvalue weighted by Crippen LogP contribution is -2.44. The van der Waals surface area contributed by atoms with Gasteiger partial charge in [0.1, 0.15) is 0 Å². The van der Waals surface area contributed by atoms with Crippen molar-refractivity contribution < 1.29 is 9.32 Å². The molecule has 2 atom stereocenters. The molecule has 0 aromatic carbocycles. The minimum Gasteiger partial charge on any atom is -0.345 e. The molecule has 0 saturated carbocycles. The summed E-state index contributed by atoms with van der Waals surface area (Å²) in [6, 6.07) is -0.805. The van der Waals surface area contributed by atoms with Gasteiger partial charge in [0.15, 0.2) is 5.82 Å². The molecule has 1 amide bonds. The summed E-state index contributed by atoms with van der Waals surface area (Å²) >= 11 is 0. The van der Waals surface area contributed by atoms with Crippen LogP contribution in [0.3, 0.4) is 0 Å². The van der Waals surface area contributed by atoms with Gasteiger partial charge in [-0.05, 0) is 12.8 Å². The van der Waals surface area contributed by atoms with Crippen LogP contribution in [0.25, 0.3) is 0 Å². The average molecular weight is 212 g/mol. The van der Waals surface area contributed by atoms with Crippen LogP contribution in [0, 0.1) is 5.92 Å². The molecule has 0 bridgehead atoms. The fourth-order valence-electron chi connectivity index (χ4n) is 1.05. The molecule has 0 aliphatic heterocycles. The number of carbonyl (C=O) groups excluding carboxylic acids is 1. The Kier molecular flexibility index (Phi) is 3.79. The van der Waals surface area contributed by atoms with Crippen LogP contribution >= 0.6 is 0 Å². The van der Waals surface area contributed by atoms with E-state index in [2.05, 4.69) is 20.0 Å². The van der Waals surface area contributed by atoms with Crippen LogP contribution in [0.2, 0.25) is 0 Å². The van der Waals surface area contributed by atoms with Gasteiger partial charge in [0.05, 0.1) is 12.1 Å². The number of rotatable bonds is 4. The maximum atomic E-state index is 11.6. The fraction of sp³-hybridized carbons (Fsp3) is 0.667. The van der Waals surface area contributed by atoms with E-state index in [9.17, 15) is 4.79 Å². The van der Waals surface area contributed by atoms with Crippen molar-refractivity contribution in [2.75, 3.05) is 0 Å². The van der Waals surface area contributed by atoms with Crippen LogP contribution in [-0.2, 0) is 4.79 Å². The molecular weight excluding hydrogens is 196 g/mol. The highest BCUT2D eigenvalue weighted by Crippen LogP contribution is 2.06. The largest absolute Gasteiger partial charge is 0.345 e. The molecule has 1 unspecified atom stereocenters. The maximum absolute atomic E-state index is 11.6. The zero-order valence-corrected chi connectivity index (χ0v) is 9.10. The third-order valence-electron chi connectivity index (χ3n) is 2.15. The van der Waals surface area contributed by atoms with Crippen LogP contribution in [0.15, 0.2) is 10.9 Å². The van der Waals surface area contributed by atoms with Crippen LogP contribution in [0.5, 0.6) is 0 Å². The van der Waals surface area contributed by atoms with E-state index < -0.39 is 6.04 Å². The van der Waals surface area contributed by atoms with E-state index in [0.29, 0.717) is 5.82 Å². The summed E-state index contributed by atoms with van der Waals surface area (Å²) in [6.07, 6.45) is 1.22. The highest BCUT2D eigenvalue weighted by molar-refractivity contribution is 5.82. The first kappa shape index (κ1) is 11.6. The molecule has 0 spiro atoms. The van der Waals surface area contributed by atoms with Crippen molar-refractivity contribution >= 4 is 5.91 Å². The highest BCUT2D eigenvalue weighted by Gasteiger charge is 2.20. The Morgan fingerprint density at radius 1 is 1.53 bits per heavy atom. The summed E-state index contributed by atoms with van der Waals surface area (Å²) in [5, 5.41) is 6.35. The highest BCUT2D eigenvalue weighted by atomic mass is 16.5. The molecule has 1 aromatic rings. The van der Waals surface area contributed by atoms with Crippen molar-refractivity contribution in [2.24, 2.45) is 11.7 Å². The topological polar surface area (TPSA) is 94.0 Å². The maximum Gasteiger partial charge on any atom is 0.237 e. The van der Waals surface area contributed by atoms with Crippen LogP contribution in [-0.4, -0.2) is 22.1 Å². The molecule has 6 heteroatoms. The standard InChI is InChI=1S/C9H16N4O2/c1-5(2)7(10)9(14)12-6(3)8-11-4-15-13-8/h4-7H,10H2,1-3H3,(H,12,14)/t6?,7-/m0/s1. The number of hydrogen-bond acceptors (Lipinski definition) is 5. The Morgan fingerprint density at radius 3 is 2.67 bits per heavy atom. The second-order valence-corrected chi connectivity index (χ2v) is 3.79. The fourth-order valence-corrected chi connectivity index (χ4v) is 1.05. The number of nitrogens with one attached hydrogen (secondary N) is 1. The Balaban J connectivity index is 2.52. The van der Waals surface area contributed by atoms with Crippen molar-refractivity contribution in [3.05, 3.63) is 12.2 Å². The number of aromatic nitrogens is 2. The number of hydrogen-bond donors (Lipinski definition) is 2. The Labute approximate surface area is 88.2 Å². The molecule has 0 radical (unpaired) electrons. The Morgan fingerprint density at radius 2 is 2.20 bits per heavy atom. The van der Waals surface area contributed by atoms with E-state index in [-0.39, 0.29) is 17.9 Å². The number of carbonyl (C=O) groups is 1. The first-order valence-electron chi connectivity index (χ1n) is 4.84. The van der Waals surface area contributed by atoms with Gasteiger partial charge in [-0.15, -0.1) is 0 Å². The predicted molar refractivity (Wildman–Crippen MR) is 53.7 cm³/mol. The molecule has 15 heavy (non-hydrogen) atoms. The lowest BCUT2D eigenvalue weighted by molar-refractivity contribution is -0.123. The second-order valence-electron chi connectivity index (χ2n) is 3.79. The zero-order valence-electron chi connectivity index (χ0n) is 9.10. The molecule has 1 aromatic heterocycles. The van der Waals surface area contributed by atoms with Gasteiger partial charge in [-0.2, -0.15) is 4.98 Å². The summed E-state index contributed by atoms with van der Waals surface area (Å²) in [6.45, 7) is 5.56. The second kappa shape index (κ2) is 4.88. The van der Waals surface area contributed by atoms with Crippen molar-refractivity contribution in [3.63, 3.8) is 0 Å². The lowest BCUT2D eigenvalue weighted by atomic mass is 10.0.